The first-order valence-corrected chi connectivity index (χ1v) is 7.18. The van der Waals surface area contributed by atoms with Crippen molar-refractivity contribution in [1.29, 1.82) is 5.26 Å². The van der Waals surface area contributed by atoms with Crippen LogP contribution in [0.4, 0.5) is 0 Å². The van der Waals surface area contributed by atoms with Crippen molar-refractivity contribution in [2.45, 2.75) is 39.2 Å². The summed E-state index contributed by atoms with van der Waals surface area (Å²) in [6, 6.07) is 6.36. The Morgan fingerprint density at radius 1 is 1.72 bits per heavy atom. The average Bonchev–Trinajstić information content (AvgIpc) is 2.76. The van der Waals surface area contributed by atoms with Gasteiger partial charge in [0.1, 0.15) is 5.41 Å². The number of amides is 1. The fraction of sp³-hybridized carbons (Fsp3) is 0.571. The molecule has 1 heterocycles. The number of nitrogens with zero attached hydrogens (tertiary/aromatic N) is 1. The Hall–Kier alpha value is -1.34. The standard InChI is InChI=1S/C14H18N2OS/c1-10-7-14(8-10,9-15)13(17)16-11(2)6-12-4-3-5-18-12/h3-5,10-11H,6-8H2,1-2H3,(H,16,17). The molecule has 0 aromatic carbocycles. The number of carbonyl (C=O) groups excluding carboxylic acids is 1. The lowest BCUT2D eigenvalue weighted by Gasteiger charge is -2.39. The summed E-state index contributed by atoms with van der Waals surface area (Å²) in [5.74, 6) is 0.398. The third-order valence-corrected chi connectivity index (χ3v) is 4.41. The molecule has 18 heavy (non-hydrogen) atoms. The SMILES string of the molecule is CC1CC(C#N)(C(=O)NC(C)Cc2cccs2)C1. The highest BCUT2D eigenvalue weighted by Gasteiger charge is 2.49. The first-order valence-electron chi connectivity index (χ1n) is 6.30. The highest BCUT2D eigenvalue weighted by Crippen LogP contribution is 2.45. The largest absolute Gasteiger partial charge is 0.352 e. The van der Waals surface area contributed by atoms with Crippen molar-refractivity contribution < 1.29 is 4.79 Å². The monoisotopic (exact) mass is 262 g/mol. The van der Waals surface area contributed by atoms with E-state index in [0.717, 1.165) is 6.42 Å². The summed E-state index contributed by atoms with van der Waals surface area (Å²) in [7, 11) is 0. The third-order valence-electron chi connectivity index (χ3n) is 3.51. The summed E-state index contributed by atoms with van der Waals surface area (Å²) < 4.78 is 0. The minimum absolute atomic E-state index is 0.0808. The molecule has 1 amide bonds. The molecule has 2 rings (SSSR count). The van der Waals surface area contributed by atoms with E-state index < -0.39 is 5.41 Å². The van der Waals surface area contributed by atoms with E-state index in [4.69, 9.17) is 0 Å². The van der Waals surface area contributed by atoms with Gasteiger partial charge in [-0.1, -0.05) is 13.0 Å². The second-order valence-corrected chi connectivity index (χ2v) is 6.40. The van der Waals surface area contributed by atoms with Crippen LogP contribution in [0.25, 0.3) is 0 Å². The number of rotatable bonds is 4. The van der Waals surface area contributed by atoms with Gasteiger partial charge in [-0.15, -0.1) is 11.3 Å². The van der Waals surface area contributed by atoms with Gasteiger partial charge in [0.05, 0.1) is 6.07 Å². The lowest BCUT2D eigenvalue weighted by Crippen LogP contribution is -2.50. The van der Waals surface area contributed by atoms with Crippen molar-refractivity contribution in [3.05, 3.63) is 22.4 Å². The van der Waals surface area contributed by atoms with Gasteiger partial charge in [-0.2, -0.15) is 5.26 Å². The number of carbonyl (C=O) groups is 1. The maximum atomic E-state index is 12.1. The van der Waals surface area contributed by atoms with Crippen LogP contribution in [0.1, 0.15) is 31.6 Å². The summed E-state index contributed by atoms with van der Waals surface area (Å²) in [6.07, 6.45) is 2.22. The van der Waals surface area contributed by atoms with E-state index in [0.29, 0.717) is 18.8 Å². The summed E-state index contributed by atoms with van der Waals surface area (Å²) in [5.41, 5.74) is -0.761. The van der Waals surface area contributed by atoms with Gasteiger partial charge in [-0.25, -0.2) is 0 Å². The van der Waals surface area contributed by atoms with Crippen LogP contribution in [-0.2, 0) is 11.2 Å². The lowest BCUT2D eigenvalue weighted by atomic mass is 9.63. The van der Waals surface area contributed by atoms with Crippen molar-refractivity contribution in [2.75, 3.05) is 0 Å². The van der Waals surface area contributed by atoms with E-state index in [-0.39, 0.29) is 11.9 Å². The maximum Gasteiger partial charge on any atom is 0.240 e. The van der Waals surface area contributed by atoms with E-state index in [1.54, 1.807) is 11.3 Å². The molecule has 1 fully saturated rings. The third kappa shape index (κ3) is 2.56. The zero-order valence-corrected chi connectivity index (χ0v) is 11.6. The van der Waals surface area contributed by atoms with Crippen LogP contribution in [0.3, 0.4) is 0 Å². The molecular weight excluding hydrogens is 244 g/mol. The quantitative estimate of drug-likeness (QED) is 0.907. The first kappa shape index (κ1) is 13.1. The van der Waals surface area contributed by atoms with Crippen molar-refractivity contribution in [1.82, 2.24) is 5.32 Å². The van der Waals surface area contributed by atoms with Gasteiger partial charge in [0.25, 0.3) is 0 Å². The molecule has 1 aliphatic carbocycles. The Morgan fingerprint density at radius 3 is 2.94 bits per heavy atom. The Balaban J connectivity index is 1.89. The van der Waals surface area contributed by atoms with E-state index in [1.807, 2.05) is 18.4 Å². The topological polar surface area (TPSA) is 52.9 Å². The van der Waals surface area contributed by atoms with Gasteiger partial charge in [-0.3, -0.25) is 4.79 Å². The summed E-state index contributed by atoms with van der Waals surface area (Å²) in [6.45, 7) is 4.07. The Labute approximate surface area is 112 Å². The molecule has 0 radical (unpaired) electrons. The van der Waals surface area contributed by atoms with Gasteiger partial charge in [0, 0.05) is 17.3 Å². The van der Waals surface area contributed by atoms with Crippen LogP contribution >= 0.6 is 11.3 Å². The Morgan fingerprint density at radius 2 is 2.44 bits per heavy atom. The van der Waals surface area contributed by atoms with E-state index in [2.05, 4.69) is 24.4 Å². The smallest absolute Gasteiger partial charge is 0.240 e. The molecule has 1 aromatic heterocycles. The highest BCUT2D eigenvalue weighted by molar-refractivity contribution is 7.09. The molecule has 0 saturated heterocycles. The summed E-state index contributed by atoms with van der Waals surface area (Å²) in [5, 5.41) is 14.2. The van der Waals surface area contributed by atoms with Crippen molar-refractivity contribution in [3.8, 4) is 6.07 Å². The molecular formula is C14H18N2OS. The summed E-state index contributed by atoms with van der Waals surface area (Å²) in [4.78, 5) is 13.4. The van der Waals surface area contributed by atoms with E-state index in [1.165, 1.54) is 4.88 Å². The van der Waals surface area contributed by atoms with Crippen molar-refractivity contribution in [2.24, 2.45) is 11.3 Å². The van der Waals surface area contributed by atoms with Crippen LogP contribution < -0.4 is 5.32 Å². The second-order valence-electron chi connectivity index (χ2n) is 5.37. The Kier molecular flexibility index (Phi) is 3.72. The highest BCUT2D eigenvalue weighted by atomic mass is 32.1. The molecule has 1 unspecified atom stereocenters. The maximum absolute atomic E-state index is 12.1. The normalized spacial score (nSPS) is 27.9. The molecule has 1 atom stereocenters. The van der Waals surface area contributed by atoms with Crippen LogP contribution in [-0.4, -0.2) is 11.9 Å². The predicted octanol–water partition coefficient (Wildman–Crippen LogP) is 2.74. The number of hydrogen-bond donors (Lipinski definition) is 1. The minimum atomic E-state index is -0.761. The molecule has 1 aliphatic rings. The van der Waals surface area contributed by atoms with Crippen molar-refractivity contribution in [3.63, 3.8) is 0 Å². The molecule has 0 aliphatic heterocycles. The molecule has 4 heteroatoms. The van der Waals surface area contributed by atoms with E-state index >= 15 is 0 Å². The molecule has 1 saturated carbocycles. The lowest BCUT2D eigenvalue weighted by molar-refractivity contribution is -0.134. The molecule has 96 valence electrons. The van der Waals surface area contributed by atoms with Crippen molar-refractivity contribution >= 4 is 17.2 Å². The van der Waals surface area contributed by atoms with Gasteiger partial charge in [-0.05, 0) is 37.1 Å². The zero-order chi connectivity index (χ0) is 13.2. The molecule has 1 N–H and O–H groups in total. The van der Waals surface area contributed by atoms with E-state index in [9.17, 15) is 10.1 Å². The molecule has 1 aromatic rings. The van der Waals surface area contributed by atoms with Crippen LogP contribution in [0.2, 0.25) is 0 Å². The van der Waals surface area contributed by atoms with Gasteiger partial charge >= 0.3 is 0 Å². The molecule has 0 bridgehead atoms. The van der Waals surface area contributed by atoms with Crippen LogP contribution in [0.15, 0.2) is 17.5 Å². The van der Waals surface area contributed by atoms with Gasteiger partial charge < -0.3 is 5.32 Å². The molecule has 3 nitrogen and oxygen atoms in total. The van der Waals surface area contributed by atoms with Crippen LogP contribution in [0.5, 0.6) is 0 Å². The fourth-order valence-corrected chi connectivity index (χ4v) is 3.44. The van der Waals surface area contributed by atoms with Gasteiger partial charge in [0.2, 0.25) is 5.91 Å². The average molecular weight is 262 g/mol. The van der Waals surface area contributed by atoms with Gasteiger partial charge in [0.15, 0.2) is 0 Å². The predicted molar refractivity (Wildman–Crippen MR) is 72.1 cm³/mol. The number of nitrogens with one attached hydrogen (secondary N) is 1. The minimum Gasteiger partial charge on any atom is -0.352 e. The first-order chi connectivity index (χ1) is 8.55. The molecule has 0 spiro atoms. The second kappa shape index (κ2) is 5.11. The fourth-order valence-electron chi connectivity index (χ4n) is 2.60. The number of thiophene rings is 1. The summed E-state index contributed by atoms with van der Waals surface area (Å²) >= 11 is 1.70. The number of nitriles is 1. The zero-order valence-electron chi connectivity index (χ0n) is 10.8. The van der Waals surface area contributed by atoms with Crippen LogP contribution in [0, 0.1) is 22.7 Å². The number of hydrogen-bond acceptors (Lipinski definition) is 3. The Bertz CT molecular complexity index is 455.